The lowest BCUT2D eigenvalue weighted by molar-refractivity contribution is 0.591. The molecule has 2 rings (SSSR count). The Labute approximate surface area is 130 Å². The number of aromatic nitrogens is 4. The Morgan fingerprint density at radius 2 is 2.05 bits per heavy atom. The highest BCUT2D eigenvalue weighted by Crippen LogP contribution is 2.23. The topological polar surface area (TPSA) is 69.8 Å². The van der Waals surface area contributed by atoms with Crippen molar-refractivity contribution in [3.63, 3.8) is 0 Å². The molecule has 0 aromatic carbocycles. The van der Waals surface area contributed by atoms with Crippen LogP contribution in [0.25, 0.3) is 0 Å². The van der Waals surface area contributed by atoms with Crippen molar-refractivity contribution >= 4 is 35.7 Å². The maximum absolute atomic E-state index is 11.3. The molecule has 0 fully saturated rings. The molecule has 0 saturated carbocycles. The third kappa shape index (κ3) is 2.91. The summed E-state index contributed by atoms with van der Waals surface area (Å²) in [5.41, 5.74) is 1.86. The summed E-state index contributed by atoms with van der Waals surface area (Å²) in [7, 11) is 1.50. The minimum absolute atomic E-state index is 0.132. The lowest BCUT2D eigenvalue weighted by Gasteiger charge is -2.07. The van der Waals surface area contributed by atoms with Crippen LogP contribution < -0.4 is 0 Å². The second kappa shape index (κ2) is 5.50. The van der Waals surface area contributed by atoms with Gasteiger partial charge < -0.3 is 4.57 Å². The second-order valence-corrected chi connectivity index (χ2v) is 7.66. The van der Waals surface area contributed by atoms with Crippen LogP contribution in [0, 0.1) is 13.8 Å². The van der Waals surface area contributed by atoms with Gasteiger partial charge in [0.05, 0.1) is 22.4 Å². The summed E-state index contributed by atoms with van der Waals surface area (Å²) in [6, 6.07) is 0. The highest BCUT2D eigenvalue weighted by Gasteiger charge is 2.18. The average Bonchev–Trinajstić information content (AvgIpc) is 2.85. The maximum Gasteiger partial charge on any atom is 0.280 e. The third-order valence-corrected chi connectivity index (χ3v) is 5.18. The molecular formula is C11H14BrClN4O2S. The molecule has 0 aliphatic rings. The van der Waals surface area contributed by atoms with Crippen molar-refractivity contribution in [2.75, 3.05) is 0 Å². The predicted molar refractivity (Wildman–Crippen MR) is 79.4 cm³/mol. The Balaban J connectivity index is 2.43. The van der Waals surface area contributed by atoms with Crippen LogP contribution in [0.1, 0.15) is 24.1 Å². The Morgan fingerprint density at radius 3 is 2.55 bits per heavy atom. The van der Waals surface area contributed by atoms with E-state index in [9.17, 15) is 8.42 Å². The van der Waals surface area contributed by atoms with Crippen LogP contribution in [-0.2, 0) is 22.1 Å². The van der Waals surface area contributed by atoms with Crippen molar-refractivity contribution in [2.24, 2.45) is 0 Å². The highest BCUT2D eigenvalue weighted by molar-refractivity contribution is 9.10. The zero-order valence-electron chi connectivity index (χ0n) is 11.3. The van der Waals surface area contributed by atoms with Gasteiger partial charge in [0.1, 0.15) is 5.82 Å². The van der Waals surface area contributed by atoms with Crippen LogP contribution in [0.3, 0.4) is 0 Å². The van der Waals surface area contributed by atoms with Crippen molar-refractivity contribution in [2.45, 2.75) is 38.9 Å². The summed E-state index contributed by atoms with van der Waals surface area (Å²) in [6.45, 7) is 6.85. The van der Waals surface area contributed by atoms with Gasteiger partial charge in [0.2, 0.25) is 0 Å². The molecule has 0 bridgehead atoms. The molecule has 6 nitrogen and oxygen atoms in total. The average molecular weight is 382 g/mol. The van der Waals surface area contributed by atoms with Gasteiger partial charge in [0.25, 0.3) is 9.05 Å². The highest BCUT2D eigenvalue weighted by atomic mass is 79.9. The van der Waals surface area contributed by atoms with E-state index < -0.39 is 9.05 Å². The first-order valence-electron chi connectivity index (χ1n) is 5.94. The minimum atomic E-state index is -3.81. The molecular weight excluding hydrogens is 368 g/mol. The molecule has 0 amide bonds. The molecule has 0 atom stereocenters. The number of hydrogen-bond acceptors (Lipinski definition) is 4. The number of aryl methyl sites for hydroxylation is 3. The first kappa shape index (κ1) is 15.5. The number of hydrogen-bond donors (Lipinski definition) is 0. The first-order chi connectivity index (χ1) is 9.24. The normalized spacial score (nSPS) is 12.1. The van der Waals surface area contributed by atoms with Crippen LogP contribution in [0.5, 0.6) is 0 Å². The van der Waals surface area contributed by atoms with Crippen LogP contribution in [0.15, 0.2) is 15.7 Å². The number of nitrogens with zero attached hydrogens (tertiary/aromatic N) is 4. The molecule has 110 valence electrons. The summed E-state index contributed by atoms with van der Waals surface area (Å²) in [4.78, 5) is 3.97. The van der Waals surface area contributed by atoms with Crippen LogP contribution in [0.4, 0.5) is 0 Å². The van der Waals surface area contributed by atoms with E-state index in [1.807, 2.05) is 18.5 Å². The largest absolute Gasteiger partial charge is 0.328 e. The fourth-order valence-corrected chi connectivity index (χ4v) is 3.06. The number of rotatable bonds is 4. The third-order valence-electron chi connectivity index (χ3n) is 2.98. The van der Waals surface area contributed by atoms with Gasteiger partial charge in [-0.15, -0.1) is 0 Å². The summed E-state index contributed by atoms with van der Waals surface area (Å²) >= 11 is 3.51. The summed E-state index contributed by atoms with van der Waals surface area (Å²) < 4.78 is 27.1. The summed E-state index contributed by atoms with van der Waals surface area (Å²) in [5, 5.41) is 4.27. The zero-order valence-corrected chi connectivity index (χ0v) is 14.4. The molecule has 2 aromatic heterocycles. The Hall–Kier alpha value is -0.860. The molecule has 0 aliphatic carbocycles. The summed E-state index contributed by atoms with van der Waals surface area (Å²) in [6.07, 6.45) is 1.44. The van der Waals surface area contributed by atoms with Gasteiger partial charge in [-0.1, -0.05) is 0 Å². The van der Waals surface area contributed by atoms with E-state index in [4.69, 9.17) is 10.7 Å². The molecule has 0 N–H and O–H groups in total. The molecule has 0 saturated heterocycles. The standard InChI is InChI=1S/C11H14BrClN4O2S/c1-4-17-9(11(12)7(2)15-17)5-16-6-10(14-8(16)3)20(13,18)19/h6H,4-5H2,1-3H3. The van der Waals surface area contributed by atoms with Crippen molar-refractivity contribution in [1.82, 2.24) is 19.3 Å². The van der Waals surface area contributed by atoms with E-state index in [1.165, 1.54) is 6.20 Å². The quantitative estimate of drug-likeness (QED) is 0.763. The smallest absolute Gasteiger partial charge is 0.280 e. The Kier molecular flexibility index (Phi) is 4.27. The predicted octanol–water partition coefficient (Wildman–Crippen LogP) is 2.45. The molecule has 0 unspecified atom stereocenters. The van der Waals surface area contributed by atoms with Gasteiger partial charge in [-0.3, -0.25) is 4.68 Å². The van der Waals surface area contributed by atoms with E-state index in [2.05, 4.69) is 26.0 Å². The van der Waals surface area contributed by atoms with Crippen LogP contribution in [-0.4, -0.2) is 27.7 Å². The molecule has 0 radical (unpaired) electrons. The fourth-order valence-electron chi connectivity index (χ4n) is 1.94. The Bertz CT molecular complexity index is 751. The summed E-state index contributed by atoms with van der Waals surface area (Å²) in [5.74, 6) is 0.581. The second-order valence-electron chi connectivity index (χ2n) is 4.35. The molecule has 20 heavy (non-hydrogen) atoms. The van der Waals surface area contributed by atoms with Crippen molar-refractivity contribution < 1.29 is 8.42 Å². The van der Waals surface area contributed by atoms with Gasteiger partial charge in [0.15, 0.2) is 5.03 Å². The van der Waals surface area contributed by atoms with Crippen molar-refractivity contribution in [3.05, 3.63) is 27.9 Å². The SMILES string of the molecule is CCn1nc(C)c(Br)c1Cn1cc(S(=O)(=O)Cl)nc1C. The van der Waals surface area contributed by atoms with Gasteiger partial charge in [-0.05, 0) is 36.7 Å². The lowest BCUT2D eigenvalue weighted by Crippen LogP contribution is -2.09. The van der Waals surface area contributed by atoms with Crippen molar-refractivity contribution in [3.8, 4) is 0 Å². The molecule has 9 heteroatoms. The minimum Gasteiger partial charge on any atom is -0.328 e. The zero-order chi connectivity index (χ0) is 15.1. The monoisotopic (exact) mass is 380 g/mol. The molecule has 0 spiro atoms. The van der Waals surface area contributed by atoms with Gasteiger partial charge in [0, 0.05) is 23.4 Å². The molecule has 0 aliphatic heterocycles. The van der Waals surface area contributed by atoms with E-state index in [1.54, 1.807) is 11.5 Å². The number of halogens is 2. The van der Waals surface area contributed by atoms with E-state index in [0.29, 0.717) is 12.4 Å². The number of imidazole rings is 1. The molecule has 2 aromatic rings. The van der Waals surface area contributed by atoms with E-state index in [-0.39, 0.29) is 5.03 Å². The van der Waals surface area contributed by atoms with Crippen LogP contribution in [0.2, 0.25) is 0 Å². The first-order valence-corrected chi connectivity index (χ1v) is 9.04. The van der Waals surface area contributed by atoms with E-state index in [0.717, 1.165) is 22.4 Å². The van der Waals surface area contributed by atoms with E-state index >= 15 is 0 Å². The fraction of sp³-hybridized carbons (Fsp3) is 0.455. The van der Waals surface area contributed by atoms with Gasteiger partial charge >= 0.3 is 0 Å². The lowest BCUT2D eigenvalue weighted by atomic mass is 10.3. The van der Waals surface area contributed by atoms with Gasteiger partial charge in [-0.2, -0.15) is 5.10 Å². The van der Waals surface area contributed by atoms with Gasteiger partial charge in [-0.25, -0.2) is 13.4 Å². The van der Waals surface area contributed by atoms with Crippen molar-refractivity contribution in [1.29, 1.82) is 0 Å². The maximum atomic E-state index is 11.3. The van der Waals surface area contributed by atoms with Crippen LogP contribution >= 0.6 is 26.6 Å². The molecule has 2 heterocycles. The Morgan fingerprint density at radius 1 is 1.40 bits per heavy atom.